The summed E-state index contributed by atoms with van der Waals surface area (Å²) in [6, 6.07) is 6.50. The van der Waals surface area contributed by atoms with Crippen LogP contribution < -0.4 is 5.32 Å². The smallest absolute Gasteiger partial charge is 0.0628 e. The zero-order valence-electron chi connectivity index (χ0n) is 11.1. The van der Waals surface area contributed by atoms with Gasteiger partial charge in [0.15, 0.2) is 0 Å². The van der Waals surface area contributed by atoms with Gasteiger partial charge in [0.05, 0.1) is 12.6 Å². The fourth-order valence-electron chi connectivity index (χ4n) is 2.74. The Morgan fingerprint density at radius 3 is 2.28 bits per heavy atom. The number of aliphatic hydroxyl groups excluding tert-OH is 1. The van der Waals surface area contributed by atoms with Crippen molar-refractivity contribution in [3.05, 3.63) is 34.9 Å². The highest BCUT2D eigenvalue weighted by Gasteiger charge is 2.23. The minimum atomic E-state index is 0. The maximum absolute atomic E-state index is 9.72. The van der Waals surface area contributed by atoms with Gasteiger partial charge in [0.25, 0.3) is 0 Å². The predicted molar refractivity (Wildman–Crippen MR) is 77.4 cm³/mol. The Morgan fingerprint density at radius 1 is 1.22 bits per heavy atom. The highest BCUT2D eigenvalue weighted by molar-refractivity contribution is 5.85. The fourth-order valence-corrected chi connectivity index (χ4v) is 2.74. The molecule has 1 aromatic rings. The van der Waals surface area contributed by atoms with Crippen LogP contribution in [0.4, 0.5) is 0 Å². The molecule has 1 aromatic carbocycles. The number of aryl methyl sites for hydroxylation is 2. The molecule has 0 bridgehead atoms. The Labute approximate surface area is 116 Å². The Hall–Kier alpha value is -0.610. The Morgan fingerprint density at radius 2 is 1.78 bits per heavy atom. The summed E-state index contributed by atoms with van der Waals surface area (Å²) in [6.45, 7) is 8.52. The molecule has 3 nitrogen and oxygen atoms in total. The first kappa shape index (κ1) is 15.4. The first-order valence-electron chi connectivity index (χ1n) is 6.35. The largest absolute Gasteiger partial charge is 0.394 e. The number of halogens is 1. The summed E-state index contributed by atoms with van der Waals surface area (Å²) in [5.41, 5.74) is 3.86. The molecule has 0 aromatic heterocycles. The zero-order chi connectivity index (χ0) is 12.3. The first-order valence-corrected chi connectivity index (χ1v) is 6.35. The zero-order valence-corrected chi connectivity index (χ0v) is 12.0. The normalized spacial score (nSPS) is 18.2. The molecule has 2 N–H and O–H groups in total. The van der Waals surface area contributed by atoms with Crippen LogP contribution in [0.25, 0.3) is 0 Å². The molecule has 0 radical (unpaired) electrons. The number of aliphatic hydroxyl groups is 1. The molecule has 0 spiro atoms. The van der Waals surface area contributed by atoms with Gasteiger partial charge in [0.1, 0.15) is 0 Å². The average molecular weight is 271 g/mol. The lowest BCUT2D eigenvalue weighted by Gasteiger charge is -2.35. The van der Waals surface area contributed by atoms with Gasteiger partial charge in [-0.05, 0) is 30.5 Å². The van der Waals surface area contributed by atoms with Crippen molar-refractivity contribution in [1.29, 1.82) is 0 Å². The minimum absolute atomic E-state index is 0. The molecule has 0 amide bonds. The number of nitrogens with one attached hydrogen (secondary N) is 1. The minimum Gasteiger partial charge on any atom is -0.394 e. The summed E-state index contributed by atoms with van der Waals surface area (Å²) < 4.78 is 0. The molecule has 0 unspecified atom stereocenters. The Bertz CT molecular complexity index is 358. The molecular formula is C14H23ClN2O. The summed E-state index contributed by atoms with van der Waals surface area (Å²) in [5.74, 6) is 0. The van der Waals surface area contributed by atoms with Crippen molar-refractivity contribution in [2.45, 2.75) is 19.9 Å². The third kappa shape index (κ3) is 3.23. The van der Waals surface area contributed by atoms with E-state index in [0.29, 0.717) is 0 Å². The summed E-state index contributed by atoms with van der Waals surface area (Å²) in [7, 11) is 0. The van der Waals surface area contributed by atoms with E-state index in [4.69, 9.17) is 0 Å². The maximum atomic E-state index is 9.72. The van der Waals surface area contributed by atoms with Gasteiger partial charge < -0.3 is 10.4 Å². The molecule has 2 rings (SSSR count). The lowest BCUT2D eigenvalue weighted by atomic mass is 9.95. The van der Waals surface area contributed by atoms with E-state index >= 15 is 0 Å². The lowest BCUT2D eigenvalue weighted by molar-refractivity contribution is 0.110. The predicted octanol–water partition coefficient (Wildman–Crippen LogP) is 1.66. The van der Waals surface area contributed by atoms with E-state index in [1.165, 1.54) is 16.7 Å². The Balaban J connectivity index is 0.00000162. The third-order valence-electron chi connectivity index (χ3n) is 3.64. The van der Waals surface area contributed by atoms with Crippen molar-refractivity contribution in [2.24, 2.45) is 0 Å². The van der Waals surface area contributed by atoms with Crippen LogP contribution in [0.1, 0.15) is 22.7 Å². The first-order chi connectivity index (χ1) is 8.24. The second-order valence-electron chi connectivity index (χ2n) is 4.79. The number of hydrogen-bond acceptors (Lipinski definition) is 3. The highest BCUT2D eigenvalue weighted by atomic mass is 35.5. The van der Waals surface area contributed by atoms with Crippen LogP contribution in [-0.2, 0) is 0 Å². The van der Waals surface area contributed by atoms with Gasteiger partial charge >= 0.3 is 0 Å². The molecule has 0 aliphatic carbocycles. The molecule has 1 aliphatic rings. The molecule has 18 heavy (non-hydrogen) atoms. The standard InChI is InChI=1S/C14H22N2O.ClH/c1-11-4-3-5-12(2)14(11)13(10-17)16-8-6-15-7-9-16;/h3-5,13,15,17H,6-10H2,1-2H3;1H/t13-;/m1./s1. The highest BCUT2D eigenvalue weighted by Crippen LogP contribution is 2.26. The van der Waals surface area contributed by atoms with E-state index in [1.54, 1.807) is 0 Å². The van der Waals surface area contributed by atoms with E-state index in [1.807, 2.05) is 0 Å². The molecule has 1 atom stereocenters. The number of benzene rings is 1. The third-order valence-corrected chi connectivity index (χ3v) is 3.64. The van der Waals surface area contributed by atoms with Gasteiger partial charge in [-0.1, -0.05) is 18.2 Å². The number of nitrogens with zero attached hydrogens (tertiary/aromatic N) is 1. The molecule has 0 saturated carbocycles. The van der Waals surface area contributed by atoms with Crippen LogP contribution in [0.5, 0.6) is 0 Å². The van der Waals surface area contributed by atoms with Crippen LogP contribution >= 0.6 is 12.4 Å². The monoisotopic (exact) mass is 270 g/mol. The Kier molecular flexibility index (Phi) is 6.09. The lowest BCUT2D eigenvalue weighted by Crippen LogP contribution is -2.46. The fraction of sp³-hybridized carbons (Fsp3) is 0.571. The summed E-state index contributed by atoms with van der Waals surface area (Å²) in [5, 5.41) is 13.1. The summed E-state index contributed by atoms with van der Waals surface area (Å²) in [4.78, 5) is 2.38. The van der Waals surface area contributed by atoms with Crippen LogP contribution in [0, 0.1) is 13.8 Å². The van der Waals surface area contributed by atoms with Gasteiger partial charge in [0, 0.05) is 26.2 Å². The van der Waals surface area contributed by atoms with Gasteiger partial charge in [-0.2, -0.15) is 0 Å². The van der Waals surface area contributed by atoms with Gasteiger partial charge in [0.2, 0.25) is 0 Å². The molecule has 102 valence electrons. The van der Waals surface area contributed by atoms with Crippen molar-refractivity contribution < 1.29 is 5.11 Å². The number of hydrogen-bond donors (Lipinski definition) is 2. The quantitative estimate of drug-likeness (QED) is 0.877. The molecular weight excluding hydrogens is 248 g/mol. The van der Waals surface area contributed by atoms with E-state index < -0.39 is 0 Å². The summed E-state index contributed by atoms with van der Waals surface area (Å²) in [6.07, 6.45) is 0. The van der Waals surface area contributed by atoms with Gasteiger partial charge in [-0.25, -0.2) is 0 Å². The second-order valence-corrected chi connectivity index (χ2v) is 4.79. The van der Waals surface area contributed by atoms with Crippen molar-refractivity contribution >= 4 is 12.4 Å². The van der Waals surface area contributed by atoms with Crippen molar-refractivity contribution in [1.82, 2.24) is 10.2 Å². The molecule has 1 saturated heterocycles. The van der Waals surface area contributed by atoms with Gasteiger partial charge in [-0.15, -0.1) is 12.4 Å². The van der Waals surface area contributed by atoms with E-state index in [0.717, 1.165) is 26.2 Å². The maximum Gasteiger partial charge on any atom is 0.0628 e. The van der Waals surface area contributed by atoms with Crippen LogP contribution in [0.3, 0.4) is 0 Å². The van der Waals surface area contributed by atoms with Crippen LogP contribution in [-0.4, -0.2) is 42.8 Å². The molecule has 1 fully saturated rings. The van der Waals surface area contributed by atoms with Gasteiger partial charge in [-0.3, -0.25) is 4.90 Å². The van der Waals surface area contributed by atoms with E-state index in [2.05, 4.69) is 42.3 Å². The van der Waals surface area contributed by atoms with Crippen LogP contribution in [0.2, 0.25) is 0 Å². The van der Waals surface area contributed by atoms with Crippen molar-refractivity contribution in [2.75, 3.05) is 32.8 Å². The molecule has 1 heterocycles. The topological polar surface area (TPSA) is 35.5 Å². The SMILES string of the molecule is Cc1cccc(C)c1[C@@H](CO)N1CCNCC1.Cl. The van der Waals surface area contributed by atoms with E-state index in [-0.39, 0.29) is 25.1 Å². The van der Waals surface area contributed by atoms with Crippen LogP contribution in [0.15, 0.2) is 18.2 Å². The van der Waals surface area contributed by atoms with E-state index in [9.17, 15) is 5.11 Å². The summed E-state index contributed by atoms with van der Waals surface area (Å²) >= 11 is 0. The second kappa shape index (κ2) is 7.10. The average Bonchev–Trinajstić information content (AvgIpc) is 2.35. The van der Waals surface area contributed by atoms with Crippen molar-refractivity contribution in [3.63, 3.8) is 0 Å². The molecule has 1 aliphatic heterocycles. The number of rotatable bonds is 3. The van der Waals surface area contributed by atoms with Crippen molar-refractivity contribution in [3.8, 4) is 0 Å². The molecule has 4 heteroatoms. The number of piperazine rings is 1.